The third kappa shape index (κ3) is 17.1. The average molecular weight is 250 g/mol. The Morgan fingerprint density at radius 2 is 2.06 bits per heavy atom. The molecule has 0 radical (unpaired) electrons. The van der Waals surface area contributed by atoms with Crippen LogP contribution in [0, 0.1) is 4.91 Å². The molecule has 17 heavy (non-hydrogen) atoms. The van der Waals surface area contributed by atoms with Crippen LogP contribution in [0.3, 0.4) is 0 Å². The first-order chi connectivity index (χ1) is 7.81. The fourth-order valence-electron chi connectivity index (χ4n) is 0.759. The van der Waals surface area contributed by atoms with Crippen molar-refractivity contribution in [1.82, 2.24) is 5.32 Å². The molecule has 0 saturated carbocycles. The van der Waals surface area contributed by atoms with E-state index in [1.165, 1.54) is 0 Å². The number of quaternary nitrogens is 1. The molecule has 9 nitrogen and oxygen atoms in total. The van der Waals surface area contributed by atoms with Crippen LogP contribution in [0.5, 0.6) is 0 Å². The van der Waals surface area contributed by atoms with E-state index in [0.717, 1.165) is 6.92 Å². The summed E-state index contributed by atoms with van der Waals surface area (Å²) in [6, 6.07) is -0.609. The van der Waals surface area contributed by atoms with Crippen LogP contribution in [-0.4, -0.2) is 35.9 Å². The lowest BCUT2D eigenvalue weighted by Crippen LogP contribution is -2.64. The highest BCUT2D eigenvalue weighted by molar-refractivity contribution is 5.71. The summed E-state index contributed by atoms with van der Waals surface area (Å²) in [5, 5.41) is 22.5. The Morgan fingerprint density at radius 3 is 2.41 bits per heavy atom. The number of hydrogen-bond donors (Lipinski definition) is 4. The maximum Gasteiger partial charge on any atom is 0.362 e. The molecular weight excluding hydrogens is 232 g/mol. The Bertz CT molecular complexity index is 244. The van der Waals surface area contributed by atoms with Crippen molar-refractivity contribution in [3.8, 4) is 0 Å². The lowest BCUT2D eigenvalue weighted by Gasteiger charge is -2.06. The molecule has 0 aromatic rings. The number of carboxylic acid groups (broad SMARTS) is 2. The van der Waals surface area contributed by atoms with Gasteiger partial charge in [0.05, 0.1) is 0 Å². The van der Waals surface area contributed by atoms with Crippen molar-refractivity contribution in [2.45, 2.75) is 32.1 Å². The quantitative estimate of drug-likeness (QED) is 0.209. The zero-order valence-corrected chi connectivity index (χ0v) is 9.59. The van der Waals surface area contributed by atoms with Crippen molar-refractivity contribution in [3.63, 3.8) is 0 Å². The first-order valence-electron chi connectivity index (χ1n) is 4.86. The number of nitrogens with two attached hydrogens (primary N) is 1. The minimum atomic E-state index is -1.08. The van der Waals surface area contributed by atoms with Crippen molar-refractivity contribution in [2.75, 3.05) is 6.54 Å². The lowest BCUT2D eigenvalue weighted by atomic mass is 10.2. The van der Waals surface area contributed by atoms with E-state index in [4.69, 9.17) is 20.7 Å². The molecule has 0 aliphatic heterocycles. The number of carbonyl (C=O) groups excluding carboxylic acids is 1. The highest BCUT2D eigenvalue weighted by Gasteiger charge is 2.14. The number of nitrogens with one attached hydrogen (secondary N) is 1. The standard InChI is InChI=1S/C6H14N4O3.C2H4O2/c7-4(5(11)12)2-1-3-9-6(8)10-13;1-2(3)4/h4,6,9H,1-3,7-8H2,(H,11,12);1H3,(H,3,4)/t4-,6?;/m0./s1. The van der Waals surface area contributed by atoms with Crippen molar-refractivity contribution in [2.24, 2.45) is 10.9 Å². The predicted octanol–water partition coefficient (Wildman–Crippen LogP) is -3.18. The number of carbonyl (C=O) groups is 2. The number of hydrogen-bond acceptors (Lipinski definition) is 7. The van der Waals surface area contributed by atoms with Crippen LogP contribution in [0.15, 0.2) is 5.18 Å². The molecule has 0 amide bonds. The molecule has 0 spiro atoms. The predicted molar refractivity (Wildman–Crippen MR) is 56.0 cm³/mol. The van der Waals surface area contributed by atoms with E-state index < -0.39 is 24.3 Å². The maximum atomic E-state index is 10.3. The Hall–Kier alpha value is -1.58. The van der Waals surface area contributed by atoms with E-state index in [-0.39, 0.29) is 0 Å². The molecule has 0 aliphatic rings. The van der Waals surface area contributed by atoms with Gasteiger partial charge in [0.15, 0.2) is 12.3 Å². The fourth-order valence-corrected chi connectivity index (χ4v) is 0.759. The maximum absolute atomic E-state index is 10.3. The summed E-state index contributed by atoms with van der Waals surface area (Å²) in [5.74, 6) is -2.00. The summed E-state index contributed by atoms with van der Waals surface area (Å²) in [7, 11) is 0. The van der Waals surface area contributed by atoms with Gasteiger partial charge in [-0.25, -0.2) is 4.79 Å². The number of nitrogens with zero attached hydrogens (tertiary/aromatic N) is 1. The van der Waals surface area contributed by atoms with Crippen molar-refractivity contribution in [1.29, 1.82) is 0 Å². The van der Waals surface area contributed by atoms with Gasteiger partial charge in [0.1, 0.15) is 0 Å². The third-order valence-electron chi connectivity index (χ3n) is 1.55. The van der Waals surface area contributed by atoms with Crippen LogP contribution >= 0.6 is 0 Å². The number of aliphatic carboxylic acids is 2. The van der Waals surface area contributed by atoms with Crippen molar-refractivity contribution in [3.05, 3.63) is 4.91 Å². The van der Waals surface area contributed by atoms with Crippen LogP contribution in [0.2, 0.25) is 0 Å². The molecule has 0 rings (SSSR count). The second kappa shape index (κ2) is 10.9. The van der Waals surface area contributed by atoms with Gasteiger partial charge in [0.25, 0.3) is 0 Å². The summed E-state index contributed by atoms with van der Waals surface area (Å²) < 4.78 is 0. The summed E-state index contributed by atoms with van der Waals surface area (Å²) in [5.41, 5.74) is 8.56. The Labute approximate surface area is 98.1 Å². The third-order valence-corrected chi connectivity index (χ3v) is 1.55. The Morgan fingerprint density at radius 1 is 1.59 bits per heavy atom. The summed E-state index contributed by atoms with van der Waals surface area (Å²) in [6.45, 7) is 1.44. The molecule has 0 bridgehead atoms. The summed E-state index contributed by atoms with van der Waals surface area (Å²) in [4.78, 5) is 29.0. The van der Waals surface area contributed by atoms with Gasteiger partial charge in [0, 0.05) is 12.4 Å². The highest BCUT2D eigenvalue weighted by Crippen LogP contribution is 1.91. The van der Waals surface area contributed by atoms with E-state index in [0.29, 0.717) is 19.4 Å². The molecule has 100 valence electrons. The molecule has 0 aromatic heterocycles. The molecule has 0 heterocycles. The van der Waals surface area contributed by atoms with Gasteiger partial charge in [-0.2, -0.15) is 0 Å². The zero-order valence-electron chi connectivity index (χ0n) is 9.59. The average Bonchev–Trinajstić information content (AvgIpc) is 2.22. The smallest absolute Gasteiger partial charge is 0.362 e. The monoisotopic (exact) mass is 250 g/mol. The van der Waals surface area contributed by atoms with E-state index in [2.05, 4.69) is 16.2 Å². The SMILES string of the molecule is CC(=O)[O-].NC(N=O)NCCC[C@H]([NH3+])C(=O)O. The van der Waals surface area contributed by atoms with Crippen molar-refractivity contribution < 1.29 is 25.5 Å². The van der Waals surface area contributed by atoms with E-state index in [1.54, 1.807) is 0 Å². The van der Waals surface area contributed by atoms with Crippen LogP contribution in [-0.2, 0) is 9.59 Å². The molecular formula is C8H18N4O5. The second-order valence-corrected chi connectivity index (χ2v) is 3.17. The first-order valence-corrected chi connectivity index (χ1v) is 4.86. The Kier molecular flexibility index (Phi) is 11.4. The van der Waals surface area contributed by atoms with Gasteiger partial charge in [-0.15, -0.1) is 4.91 Å². The highest BCUT2D eigenvalue weighted by atomic mass is 16.4. The summed E-state index contributed by atoms with van der Waals surface area (Å²) >= 11 is 0. The number of rotatable bonds is 7. The second-order valence-electron chi connectivity index (χ2n) is 3.17. The number of nitroso groups, excluding NO2 is 1. The first kappa shape index (κ1) is 17.8. The normalized spacial score (nSPS) is 12.9. The van der Waals surface area contributed by atoms with Gasteiger partial charge < -0.3 is 20.7 Å². The minimum absolute atomic E-state index is 0.452. The largest absolute Gasteiger partial charge is 0.550 e. The molecule has 0 fully saturated rings. The minimum Gasteiger partial charge on any atom is -0.550 e. The molecule has 2 atom stereocenters. The molecule has 0 aromatic carbocycles. The molecule has 0 aliphatic carbocycles. The zero-order chi connectivity index (χ0) is 13.8. The molecule has 1 unspecified atom stereocenters. The van der Waals surface area contributed by atoms with Gasteiger partial charge in [-0.3, -0.25) is 11.1 Å². The van der Waals surface area contributed by atoms with Gasteiger partial charge in [-0.1, -0.05) is 0 Å². The van der Waals surface area contributed by atoms with E-state index >= 15 is 0 Å². The van der Waals surface area contributed by atoms with Gasteiger partial charge >= 0.3 is 5.97 Å². The van der Waals surface area contributed by atoms with Gasteiger partial charge in [-0.05, 0) is 25.1 Å². The van der Waals surface area contributed by atoms with E-state index in [9.17, 15) is 9.70 Å². The molecule has 7 N–H and O–H groups in total. The topological polar surface area (TPSA) is 173 Å². The van der Waals surface area contributed by atoms with Crippen LogP contribution < -0.4 is 21.9 Å². The lowest BCUT2D eigenvalue weighted by molar-refractivity contribution is -0.409. The molecule has 9 heteroatoms. The van der Waals surface area contributed by atoms with Gasteiger partial charge in [0.2, 0.25) is 0 Å². The summed E-state index contributed by atoms with van der Waals surface area (Å²) in [6.07, 6.45) is 0.144. The van der Waals surface area contributed by atoms with Crippen molar-refractivity contribution >= 4 is 11.9 Å². The van der Waals surface area contributed by atoms with Crippen LogP contribution in [0.4, 0.5) is 0 Å². The number of carboxylic acids is 2. The molecule has 0 saturated heterocycles. The van der Waals surface area contributed by atoms with Crippen LogP contribution in [0.1, 0.15) is 19.8 Å². The Balaban J connectivity index is 0. The van der Waals surface area contributed by atoms with Crippen LogP contribution in [0.25, 0.3) is 0 Å². The van der Waals surface area contributed by atoms with E-state index in [1.807, 2.05) is 0 Å². The fraction of sp³-hybridized carbons (Fsp3) is 0.750.